The molecule has 0 aliphatic rings. The Bertz CT molecular complexity index is 2170. The molecule has 0 N–H and O–H groups in total. The summed E-state index contributed by atoms with van der Waals surface area (Å²) in [6.45, 7) is 14.2. The Morgan fingerprint density at radius 1 is 0.596 bits per heavy atom. The van der Waals surface area contributed by atoms with Crippen LogP contribution in [0.1, 0.15) is 0 Å². The number of hydrogen-bond donors (Lipinski definition) is 0. The van der Waals surface area contributed by atoms with Crippen LogP contribution in [0.4, 0.5) is 0 Å². The van der Waals surface area contributed by atoms with Gasteiger partial charge in [-0.25, -0.2) is 0 Å². The predicted octanol–water partition coefficient (Wildman–Crippen LogP) is 10.5. The topological polar surface area (TPSA) is 38.9 Å². The van der Waals surface area contributed by atoms with E-state index in [2.05, 4.69) is 116 Å². The number of aromatic nitrogens is 2. The maximum Gasteiger partial charge on any atom is 0.120 e. The normalized spacial score (nSPS) is 11.9. The van der Waals surface area contributed by atoms with Gasteiger partial charge in [0.25, 0.3) is 0 Å². The van der Waals surface area contributed by atoms with E-state index in [1.165, 1.54) is 30.5 Å². The first-order valence-electron chi connectivity index (χ1n) is 15.7. The summed E-state index contributed by atoms with van der Waals surface area (Å²) in [5.41, 5.74) is 5.75. The Morgan fingerprint density at radius 2 is 1.17 bits per heavy atom. The fourth-order valence-corrected chi connectivity index (χ4v) is 9.48. The van der Waals surface area contributed by atoms with Crippen LogP contribution in [0.2, 0.25) is 39.3 Å². The average molecular weight is 841 g/mol. The monoisotopic (exact) mass is 841 g/mol. The summed E-state index contributed by atoms with van der Waals surface area (Å²) in [5.74, 6) is 0. The summed E-state index contributed by atoms with van der Waals surface area (Å²) in [6.07, 6.45) is 3.65. The SMILES string of the molecule is C[Si](C)(C)c1ccc2c(c1)oc1c(-c3ccccn3)[c-]ccc12.C[Si](C)(C)c1ccc2c(c1)sc1c(-c3ccccn3)[c-]ccc12.[Ir]. The van der Waals surface area contributed by atoms with Gasteiger partial charge in [-0.1, -0.05) is 115 Å². The minimum Gasteiger partial charge on any atom is -0.501 e. The summed E-state index contributed by atoms with van der Waals surface area (Å²) >= 11 is 1.86. The molecule has 0 saturated heterocycles. The maximum atomic E-state index is 6.22. The third kappa shape index (κ3) is 6.56. The smallest absolute Gasteiger partial charge is 0.120 e. The van der Waals surface area contributed by atoms with Crippen molar-refractivity contribution in [2.24, 2.45) is 0 Å². The van der Waals surface area contributed by atoms with Crippen LogP contribution in [0, 0.1) is 12.1 Å². The van der Waals surface area contributed by atoms with Crippen LogP contribution in [0.3, 0.4) is 0 Å². The maximum absolute atomic E-state index is 6.22. The number of thiophene rings is 1. The third-order valence-electron chi connectivity index (χ3n) is 8.44. The number of pyridine rings is 2. The van der Waals surface area contributed by atoms with Gasteiger partial charge in [0.2, 0.25) is 0 Å². The van der Waals surface area contributed by atoms with Gasteiger partial charge in [0, 0.05) is 42.6 Å². The molecule has 8 aromatic rings. The van der Waals surface area contributed by atoms with Gasteiger partial charge in [0.05, 0.1) is 21.7 Å². The van der Waals surface area contributed by atoms with E-state index in [9.17, 15) is 0 Å². The van der Waals surface area contributed by atoms with E-state index in [0.29, 0.717) is 0 Å². The Hall–Kier alpha value is -3.72. The van der Waals surface area contributed by atoms with Crippen LogP contribution >= 0.6 is 11.3 Å². The van der Waals surface area contributed by atoms with Crippen molar-refractivity contribution in [1.29, 1.82) is 0 Å². The van der Waals surface area contributed by atoms with Gasteiger partial charge in [0.15, 0.2) is 0 Å². The molecule has 0 bridgehead atoms. The Kier molecular flexibility index (Phi) is 9.22. The first-order valence-corrected chi connectivity index (χ1v) is 23.5. The minimum absolute atomic E-state index is 0. The van der Waals surface area contributed by atoms with Gasteiger partial charge in [-0.3, -0.25) is 0 Å². The number of hydrogen-bond acceptors (Lipinski definition) is 4. The van der Waals surface area contributed by atoms with E-state index in [1.54, 1.807) is 6.20 Å². The third-order valence-corrected chi connectivity index (χ3v) is 13.7. The van der Waals surface area contributed by atoms with E-state index in [4.69, 9.17) is 4.42 Å². The van der Waals surface area contributed by atoms with Crippen LogP contribution in [0.25, 0.3) is 64.6 Å². The quantitative estimate of drug-likeness (QED) is 0.131. The molecule has 0 spiro atoms. The van der Waals surface area contributed by atoms with Crippen molar-refractivity contribution in [3.05, 3.63) is 122 Å². The molecule has 0 saturated carbocycles. The summed E-state index contributed by atoms with van der Waals surface area (Å²) in [7, 11) is -2.65. The van der Waals surface area contributed by atoms with Crippen LogP contribution in [0.15, 0.2) is 114 Å². The summed E-state index contributed by atoms with van der Waals surface area (Å²) in [4.78, 5) is 8.95. The molecule has 3 nitrogen and oxygen atoms in total. The Labute approximate surface area is 296 Å². The van der Waals surface area contributed by atoms with Crippen molar-refractivity contribution in [1.82, 2.24) is 9.97 Å². The van der Waals surface area contributed by atoms with E-state index in [0.717, 1.165) is 44.5 Å². The Morgan fingerprint density at radius 3 is 1.79 bits per heavy atom. The van der Waals surface area contributed by atoms with Gasteiger partial charge < -0.3 is 14.4 Å². The summed E-state index contributed by atoms with van der Waals surface area (Å²) in [5, 5.41) is 7.87. The van der Waals surface area contributed by atoms with Gasteiger partial charge in [-0.15, -0.1) is 42.0 Å². The molecule has 0 amide bonds. The van der Waals surface area contributed by atoms with Gasteiger partial charge in [-0.2, -0.15) is 11.3 Å². The fraction of sp³-hybridized carbons (Fsp3) is 0.150. The molecule has 8 rings (SSSR count). The predicted molar refractivity (Wildman–Crippen MR) is 203 cm³/mol. The second-order valence-electron chi connectivity index (χ2n) is 13.7. The minimum atomic E-state index is -1.36. The standard InChI is InChI=1S/C20H18NOSi.C20H18NSSi.Ir/c2*1-23(2,3)14-10-11-15-16-7-6-8-17(18-9-4-5-12-21-18)20(16)22-19(15)13-14;/h2*4-7,9-13H,1-3H3;/q2*-1;. The molecule has 4 aromatic heterocycles. The number of fused-ring (bicyclic) bond motifs is 6. The molecule has 7 heteroatoms. The second kappa shape index (κ2) is 13.1. The van der Waals surface area contributed by atoms with Crippen molar-refractivity contribution in [2.45, 2.75) is 39.3 Å². The van der Waals surface area contributed by atoms with Crippen molar-refractivity contribution in [2.75, 3.05) is 0 Å². The van der Waals surface area contributed by atoms with Crippen molar-refractivity contribution in [3.8, 4) is 22.5 Å². The molecule has 0 fully saturated rings. The summed E-state index contributed by atoms with van der Waals surface area (Å²) < 4.78 is 8.88. The van der Waals surface area contributed by atoms with E-state index in [1.807, 2.05) is 60.0 Å². The zero-order valence-electron chi connectivity index (χ0n) is 27.4. The number of rotatable bonds is 4. The second-order valence-corrected chi connectivity index (χ2v) is 25.0. The molecule has 4 heterocycles. The van der Waals surface area contributed by atoms with Crippen LogP contribution < -0.4 is 10.4 Å². The van der Waals surface area contributed by atoms with Gasteiger partial charge >= 0.3 is 0 Å². The van der Waals surface area contributed by atoms with Gasteiger partial charge in [-0.05, 0) is 45.7 Å². The van der Waals surface area contributed by atoms with E-state index < -0.39 is 16.1 Å². The summed E-state index contributed by atoms with van der Waals surface area (Å²) in [6, 6.07) is 40.5. The molecular formula is C40H36IrN2OSSi2-2. The molecule has 0 aliphatic carbocycles. The molecule has 0 unspecified atom stereocenters. The Balaban J connectivity index is 0.000000161. The molecule has 0 atom stereocenters. The fourth-order valence-electron chi connectivity index (χ4n) is 5.82. The van der Waals surface area contributed by atoms with Crippen LogP contribution in [-0.4, -0.2) is 26.1 Å². The van der Waals surface area contributed by atoms with E-state index >= 15 is 0 Å². The zero-order valence-corrected chi connectivity index (χ0v) is 32.6. The van der Waals surface area contributed by atoms with Gasteiger partial charge in [0.1, 0.15) is 5.58 Å². The molecule has 0 aliphatic heterocycles. The molecular weight excluding hydrogens is 805 g/mol. The zero-order chi connectivity index (χ0) is 32.1. The van der Waals surface area contributed by atoms with Crippen LogP contribution in [-0.2, 0) is 20.1 Å². The first kappa shape index (κ1) is 33.2. The largest absolute Gasteiger partial charge is 0.501 e. The average Bonchev–Trinajstić information content (AvgIpc) is 3.63. The number of benzene rings is 4. The number of nitrogens with zero attached hydrogens (tertiary/aromatic N) is 2. The van der Waals surface area contributed by atoms with Crippen LogP contribution in [0.5, 0.6) is 0 Å². The number of furan rings is 1. The van der Waals surface area contributed by atoms with Crippen molar-refractivity contribution < 1.29 is 24.5 Å². The molecule has 47 heavy (non-hydrogen) atoms. The first-order chi connectivity index (χ1) is 22.1. The molecule has 1 radical (unpaired) electrons. The molecule has 237 valence electrons. The van der Waals surface area contributed by atoms with Crippen molar-refractivity contribution in [3.63, 3.8) is 0 Å². The van der Waals surface area contributed by atoms with E-state index in [-0.39, 0.29) is 20.1 Å². The molecule has 4 aromatic carbocycles. The van der Waals surface area contributed by atoms with Crippen molar-refractivity contribution >= 4 is 80.0 Å².